The molecule has 4 nitrogen and oxygen atoms in total. The zero-order chi connectivity index (χ0) is 18.8. The van der Waals surface area contributed by atoms with Crippen LogP contribution in [0.2, 0.25) is 0 Å². The monoisotopic (exact) mass is 370 g/mol. The maximum Gasteiger partial charge on any atom is 0.158 e. The minimum absolute atomic E-state index is 0.0992. The van der Waals surface area contributed by atoms with Crippen molar-refractivity contribution in [2.24, 2.45) is 0 Å². The first-order valence-electron chi connectivity index (χ1n) is 9.03. The molecule has 1 aromatic heterocycles. The van der Waals surface area contributed by atoms with Gasteiger partial charge in [-0.1, -0.05) is 12.1 Å². The van der Waals surface area contributed by atoms with Crippen molar-refractivity contribution < 1.29 is 18.0 Å². The molecule has 3 aromatic rings. The topological polar surface area (TPSA) is 45.5 Å². The van der Waals surface area contributed by atoms with Gasteiger partial charge in [0.1, 0.15) is 23.7 Å². The molecule has 0 unspecified atom stereocenters. The van der Waals surface area contributed by atoms with E-state index in [1.165, 1.54) is 24.3 Å². The molecule has 1 aliphatic heterocycles. The molecule has 0 spiro atoms. The molecule has 140 valence electrons. The lowest BCUT2D eigenvalue weighted by molar-refractivity contribution is -0.107. The lowest BCUT2D eigenvalue weighted by Crippen LogP contribution is -2.43. The minimum Gasteiger partial charge on any atom is -0.458 e. The minimum atomic E-state index is -0.352. The molecule has 1 fully saturated rings. The van der Waals surface area contributed by atoms with Crippen molar-refractivity contribution in [1.82, 2.24) is 5.32 Å². The Balaban J connectivity index is 1.84. The molecular formula is C21H20F2N2O2. The van der Waals surface area contributed by atoms with Crippen LogP contribution >= 0.6 is 0 Å². The molecule has 2 heterocycles. The van der Waals surface area contributed by atoms with Crippen LogP contribution in [-0.4, -0.2) is 32.5 Å². The Morgan fingerprint density at radius 2 is 1.93 bits per heavy atom. The third-order valence-corrected chi connectivity index (χ3v) is 4.92. The third-order valence-electron chi connectivity index (χ3n) is 4.92. The van der Waals surface area contributed by atoms with E-state index in [0.29, 0.717) is 28.8 Å². The van der Waals surface area contributed by atoms with E-state index >= 15 is 0 Å². The van der Waals surface area contributed by atoms with Gasteiger partial charge < -0.3 is 19.4 Å². The molecule has 0 aliphatic carbocycles. The van der Waals surface area contributed by atoms with E-state index in [2.05, 4.69) is 10.2 Å². The molecule has 0 saturated carbocycles. The lowest BCUT2D eigenvalue weighted by atomic mass is 10.00. The molecule has 6 heteroatoms. The number of fused-ring (bicyclic) bond motifs is 1. The van der Waals surface area contributed by atoms with Gasteiger partial charge in [0.15, 0.2) is 5.58 Å². The van der Waals surface area contributed by atoms with Gasteiger partial charge in [-0.2, -0.15) is 0 Å². The Kier molecular flexibility index (Phi) is 4.90. The number of hydrogen-bond donors (Lipinski definition) is 1. The van der Waals surface area contributed by atoms with Gasteiger partial charge in [-0.3, -0.25) is 0 Å². The predicted molar refractivity (Wildman–Crippen MR) is 100 cm³/mol. The number of carbonyl (C=O) groups excluding carboxylic acids is 1. The summed E-state index contributed by atoms with van der Waals surface area (Å²) in [6.45, 7) is 3.13. The van der Waals surface area contributed by atoms with Crippen LogP contribution in [0.3, 0.4) is 0 Å². The molecule has 0 radical (unpaired) electrons. The maximum absolute atomic E-state index is 14.4. The standard InChI is InChI=1S/C21H20F2N2O2/c22-15-3-1-2-14(10-15)11-17-18-12-16(23)13-19(25-7-5-24-6-8-25)21(18)27-20(17)4-9-26/h1-3,9-10,12-13,24H,4-8,11H2. The van der Waals surface area contributed by atoms with Crippen molar-refractivity contribution in [3.05, 3.63) is 64.9 Å². The molecular weight excluding hydrogens is 350 g/mol. The summed E-state index contributed by atoms with van der Waals surface area (Å²) < 4.78 is 34.0. The number of piperazine rings is 1. The number of aldehydes is 1. The van der Waals surface area contributed by atoms with Crippen molar-refractivity contribution in [2.75, 3.05) is 31.1 Å². The van der Waals surface area contributed by atoms with Gasteiger partial charge in [-0.15, -0.1) is 0 Å². The summed E-state index contributed by atoms with van der Waals surface area (Å²) in [6, 6.07) is 9.19. The van der Waals surface area contributed by atoms with E-state index in [1.54, 1.807) is 6.07 Å². The number of rotatable bonds is 5. The number of hydrogen-bond acceptors (Lipinski definition) is 4. The second kappa shape index (κ2) is 7.48. The second-order valence-electron chi connectivity index (χ2n) is 6.72. The largest absolute Gasteiger partial charge is 0.458 e. The SMILES string of the molecule is O=CCc1oc2c(N3CCNCC3)cc(F)cc2c1Cc1cccc(F)c1. The van der Waals surface area contributed by atoms with Crippen LogP contribution in [0.15, 0.2) is 40.8 Å². The van der Waals surface area contributed by atoms with Crippen molar-refractivity contribution in [2.45, 2.75) is 12.8 Å². The van der Waals surface area contributed by atoms with Crippen LogP contribution < -0.4 is 10.2 Å². The first-order chi connectivity index (χ1) is 13.2. The fraction of sp³-hybridized carbons (Fsp3) is 0.286. The van der Waals surface area contributed by atoms with E-state index in [9.17, 15) is 13.6 Å². The first kappa shape index (κ1) is 17.7. The highest BCUT2D eigenvalue weighted by Gasteiger charge is 2.22. The zero-order valence-corrected chi connectivity index (χ0v) is 14.8. The summed E-state index contributed by atoms with van der Waals surface area (Å²) in [4.78, 5) is 13.2. The van der Waals surface area contributed by atoms with Crippen LogP contribution in [0.4, 0.5) is 14.5 Å². The summed E-state index contributed by atoms with van der Waals surface area (Å²) in [5.74, 6) is -0.175. The number of halogens is 2. The fourth-order valence-corrected chi connectivity index (χ4v) is 3.67. The number of nitrogens with one attached hydrogen (secondary N) is 1. The average Bonchev–Trinajstić information content (AvgIpc) is 2.99. The van der Waals surface area contributed by atoms with Crippen molar-refractivity contribution >= 4 is 22.9 Å². The summed E-state index contributed by atoms with van der Waals surface area (Å²) in [6.07, 6.45) is 1.24. The van der Waals surface area contributed by atoms with E-state index < -0.39 is 0 Å². The van der Waals surface area contributed by atoms with Crippen LogP contribution in [0.1, 0.15) is 16.9 Å². The normalized spacial score (nSPS) is 14.7. The van der Waals surface area contributed by atoms with Gasteiger partial charge in [-0.25, -0.2) is 8.78 Å². The molecule has 2 aromatic carbocycles. The van der Waals surface area contributed by atoms with Gasteiger partial charge >= 0.3 is 0 Å². The molecule has 1 aliphatic rings. The van der Waals surface area contributed by atoms with Gasteiger partial charge in [0.2, 0.25) is 0 Å². The Morgan fingerprint density at radius 1 is 1.11 bits per heavy atom. The fourth-order valence-electron chi connectivity index (χ4n) is 3.67. The van der Waals surface area contributed by atoms with Crippen molar-refractivity contribution in [3.63, 3.8) is 0 Å². The van der Waals surface area contributed by atoms with Crippen LogP contribution in [0.5, 0.6) is 0 Å². The summed E-state index contributed by atoms with van der Waals surface area (Å²) in [5.41, 5.74) is 2.77. The molecule has 4 rings (SSSR count). The lowest BCUT2D eigenvalue weighted by Gasteiger charge is -2.29. The van der Waals surface area contributed by atoms with Gasteiger partial charge in [-0.05, 0) is 23.8 Å². The van der Waals surface area contributed by atoms with Gasteiger partial charge in [0.05, 0.1) is 12.1 Å². The summed E-state index contributed by atoms with van der Waals surface area (Å²) in [7, 11) is 0. The van der Waals surface area contributed by atoms with E-state index in [4.69, 9.17) is 4.42 Å². The van der Waals surface area contributed by atoms with Crippen molar-refractivity contribution in [1.29, 1.82) is 0 Å². The number of furan rings is 1. The highest BCUT2D eigenvalue weighted by Crippen LogP contribution is 2.36. The molecule has 1 N–H and O–H groups in total. The van der Waals surface area contributed by atoms with E-state index in [1.807, 2.05) is 6.07 Å². The van der Waals surface area contributed by atoms with E-state index in [0.717, 1.165) is 43.6 Å². The molecule has 1 saturated heterocycles. The number of anilines is 1. The second-order valence-corrected chi connectivity index (χ2v) is 6.72. The van der Waals surface area contributed by atoms with Gasteiger partial charge in [0.25, 0.3) is 0 Å². The quantitative estimate of drug-likeness (QED) is 0.699. The predicted octanol–water partition coefficient (Wildman–Crippen LogP) is 3.45. The van der Waals surface area contributed by atoms with E-state index in [-0.39, 0.29) is 18.1 Å². The van der Waals surface area contributed by atoms with Crippen LogP contribution in [0, 0.1) is 11.6 Å². The first-order valence-corrected chi connectivity index (χ1v) is 9.03. The highest BCUT2D eigenvalue weighted by atomic mass is 19.1. The van der Waals surface area contributed by atoms with Gasteiger partial charge in [0, 0.05) is 49.6 Å². The number of benzene rings is 2. The number of nitrogens with zero attached hydrogens (tertiary/aromatic N) is 1. The Hall–Kier alpha value is -2.73. The van der Waals surface area contributed by atoms with Crippen LogP contribution in [-0.2, 0) is 17.6 Å². The molecule has 0 amide bonds. The van der Waals surface area contributed by atoms with Crippen LogP contribution in [0.25, 0.3) is 11.0 Å². The molecule has 0 bridgehead atoms. The zero-order valence-electron chi connectivity index (χ0n) is 14.8. The smallest absolute Gasteiger partial charge is 0.158 e. The molecule has 0 atom stereocenters. The van der Waals surface area contributed by atoms with Crippen molar-refractivity contribution in [3.8, 4) is 0 Å². The Bertz CT molecular complexity index is 978. The summed E-state index contributed by atoms with van der Waals surface area (Å²) >= 11 is 0. The Labute approximate surface area is 155 Å². The summed E-state index contributed by atoms with van der Waals surface area (Å²) in [5, 5.41) is 3.92. The maximum atomic E-state index is 14.4. The Morgan fingerprint density at radius 3 is 2.67 bits per heavy atom. The third kappa shape index (κ3) is 3.57. The average molecular weight is 370 g/mol. The molecule has 27 heavy (non-hydrogen) atoms. The highest BCUT2D eigenvalue weighted by molar-refractivity contribution is 5.93. The number of carbonyl (C=O) groups is 1.